The van der Waals surface area contributed by atoms with Crippen molar-refractivity contribution in [1.29, 1.82) is 0 Å². The van der Waals surface area contributed by atoms with E-state index in [1.54, 1.807) is 24.3 Å². The maximum atomic E-state index is 11.8. The van der Waals surface area contributed by atoms with E-state index in [1.165, 1.54) is 0 Å². The van der Waals surface area contributed by atoms with Crippen molar-refractivity contribution in [2.75, 3.05) is 37.1 Å². The molecule has 0 fully saturated rings. The van der Waals surface area contributed by atoms with E-state index in [9.17, 15) is 18.4 Å². The van der Waals surface area contributed by atoms with Crippen molar-refractivity contribution in [2.45, 2.75) is 0 Å². The minimum Gasteiger partial charge on any atom is -0.335 e. The summed E-state index contributed by atoms with van der Waals surface area (Å²) in [5.41, 5.74) is 0.993. The Morgan fingerprint density at radius 3 is 1.45 bits per heavy atom. The van der Waals surface area contributed by atoms with Crippen LogP contribution in [-0.2, 0) is 0 Å². The van der Waals surface area contributed by atoms with Crippen LogP contribution in [0.25, 0.3) is 0 Å². The lowest BCUT2D eigenvalue weighted by atomic mass is 10.3. The van der Waals surface area contributed by atoms with Crippen molar-refractivity contribution in [2.24, 2.45) is 0 Å². The molecule has 0 aliphatic heterocycles. The van der Waals surface area contributed by atoms with Crippen LogP contribution in [0.3, 0.4) is 0 Å². The van der Waals surface area contributed by atoms with Crippen molar-refractivity contribution in [1.82, 2.24) is 10.6 Å². The molecule has 0 saturated heterocycles. The van der Waals surface area contributed by atoms with Crippen molar-refractivity contribution in [3.8, 4) is 0 Å². The summed E-state index contributed by atoms with van der Waals surface area (Å²) in [5, 5.41) is 9.61. The van der Waals surface area contributed by atoms with Gasteiger partial charge in [-0.15, -0.1) is 0 Å². The molecule has 8 heteroatoms. The molecule has 1 aromatic carbocycles. The Hall–Kier alpha value is -2.38. The number of urea groups is 2. The fourth-order valence-electron chi connectivity index (χ4n) is 1.31. The first-order valence-corrected chi connectivity index (χ1v) is 5.97. The molecule has 4 N–H and O–H groups in total. The highest BCUT2D eigenvalue weighted by molar-refractivity contribution is 5.91. The number of carbonyl (C=O) groups excluding carboxylic acids is 2. The summed E-state index contributed by atoms with van der Waals surface area (Å²) in [6.07, 6.45) is 0. The minimum atomic E-state index is -0.635. The molecule has 0 aliphatic rings. The van der Waals surface area contributed by atoms with Gasteiger partial charge in [0.1, 0.15) is 13.3 Å². The smallest absolute Gasteiger partial charge is 0.319 e. The summed E-state index contributed by atoms with van der Waals surface area (Å²) in [7, 11) is 0. The lowest BCUT2D eigenvalue weighted by Crippen LogP contribution is -2.30. The van der Waals surface area contributed by atoms with Crippen LogP contribution in [0.4, 0.5) is 29.7 Å². The molecule has 0 heterocycles. The van der Waals surface area contributed by atoms with Crippen molar-refractivity contribution >= 4 is 23.4 Å². The summed E-state index contributed by atoms with van der Waals surface area (Å²) in [6, 6.07) is 5.26. The number of rotatable bonds is 6. The van der Waals surface area contributed by atoms with Gasteiger partial charge in [-0.05, 0) is 24.3 Å². The van der Waals surface area contributed by atoms with Crippen molar-refractivity contribution in [3.63, 3.8) is 0 Å². The van der Waals surface area contributed by atoms with E-state index in [0.717, 1.165) is 0 Å². The second kappa shape index (κ2) is 8.68. The lowest BCUT2D eigenvalue weighted by molar-refractivity contribution is 0.250. The van der Waals surface area contributed by atoms with Crippen LogP contribution in [0.1, 0.15) is 0 Å². The number of amides is 4. The molecule has 0 bridgehead atoms. The zero-order valence-corrected chi connectivity index (χ0v) is 10.7. The Bertz CT molecular complexity index is 399. The summed E-state index contributed by atoms with van der Waals surface area (Å²) >= 11 is 0. The molecule has 4 amide bonds. The Balaban J connectivity index is 2.43. The molecule has 6 nitrogen and oxygen atoms in total. The zero-order chi connectivity index (χ0) is 14.8. The van der Waals surface area contributed by atoms with Crippen LogP contribution in [0.15, 0.2) is 24.3 Å². The third kappa shape index (κ3) is 5.98. The van der Waals surface area contributed by atoms with Gasteiger partial charge in [0.25, 0.3) is 0 Å². The maximum Gasteiger partial charge on any atom is 0.319 e. The topological polar surface area (TPSA) is 82.3 Å². The van der Waals surface area contributed by atoms with Gasteiger partial charge in [0.2, 0.25) is 0 Å². The highest BCUT2D eigenvalue weighted by Gasteiger charge is 2.03. The van der Waals surface area contributed by atoms with E-state index in [1.807, 2.05) is 0 Å². The van der Waals surface area contributed by atoms with Gasteiger partial charge in [-0.1, -0.05) is 0 Å². The number of carbonyl (C=O) groups is 2. The van der Waals surface area contributed by atoms with Gasteiger partial charge >= 0.3 is 12.1 Å². The number of hydrogen-bond donors (Lipinski definition) is 4. The fraction of sp³-hybridized carbons (Fsp3) is 0.333. The standard InChI is InChI=1S/C12H16F2N4O2/c13-5-7-15-11(19)17-9-1-2-10(4-3-9)18-12(20)16-8-6-14/h1-4H,5-8H2,(H2,15,17,19)(H2,16,18,20). The maximum absolute atomic E-state index is 11.8. The average Bonchev–Trinajstić information content (AvgIpc) is 2.45. The van der Waals surface area contributed by atoms with E-state index >= 15 is 0 Å². The van der Waals surface area contributed by atoms with Crippen LogP contribution in [0.5, 0.6) is 0 Å². The average molecular weight is 286 g/mol. The number of alkyl halides is 2. The van der Waals surface area contributed by atoms with E-state index < -0.39 is 25.4 Å². The van der Waals surface area contributed by atoms with Crippen LogP contribution < -0.4 is 21.3 Å². The largest absolute Gasteiger partial charge is 0.335 e. The molecule has 0 saturated carbocycles. The molecule has 1 rings (SSSR count). The monoisotopic (exact) mass is 286 g/mol. The second-order valence-electron chi connectivity index (χ2n) is 3.72. The van der Waals surface area contributed by atoms with E-state index in [0.29, 0.717) is 11.4 Å². The second-order valence-corrected chi connectivity index (χ2v) is 3.72. The zero-order valence-electron chi connectivity index (χ0n) is 10.7. The third-order valence-electron chi connectivity index (χ3n) is 2.16. The van der Waals surface area contributed by atoms with E-state index in [-0.39, 0.29) is 13.1 Å². The van der Waals surface area contributed by atoms with Crippen molar-refractivity contribution in [3.05, 3.63) is 24.3 Å². The highest BCUT2D eigenvalue weighted by Crippen LogP contribution is 2.13. The Morgan fingerprint density at radius 2 is 1.15 bits per heavy atom. The lowest BCUT2D eigenvalue weighted by Gasteiger charge is -2.08. The number of benzene rings is 1. The van der Waals surface area contributed by atoms with Gasteiger partial charge in [0.05, 0.1) is 0 Å². The number of nitrogens with one attached hydrogen (secondary N) is 4. The van der Waals surface area contributed by atoms with Crippen LogP contribution in [0.2, 0.25) is 0 Å². The molecule has 0 spiro atoms. The predicted molar refractivity (Wildman–Crippen MR) is 72.4 cm³/mol. The van der Waals surface area contributed by atoms with Gasteiger partial charge in [0.15, 0.2) is 0 Å². The van der Waals surface area contributed by atoms with Crippen molar-refractivity contribution < 1.29 is 18.4 Å². The minimum absolute atomic E-state index is 0.0553. The fourth-order valence-corrected chi connectivity index (χ4v) is 1.31. The number of hydrogen-bond acceptors (Lipinski definition) is 2. The van der Waals surface area contributed by atoms with Gasteiger partial charge in [-0.2, -0.15) is 0 Å². The Morgan fingerprint density at radius 1 is 0.800 bits per heavy atom. The summed E-state index contributed by atoms with van der Waals surface area (Å²) < 4.78 is 23.7. The molecule has 20 heavy (non-hydrogen) atoms. The molecule has 0 atom stereocenters. The quantitative estimate of drug-likeness (QED) is 0.644. The normalized spacial score (nSPS) is 9.70. The summed E-state index contributed by atoms with van der Waals surface area (Å²) in [6.45, 7) is -1.38. The highest BCUT2D eigenvalue weighted by atomic mass is 19.1. The first-order valence-electron chi connectivity index (χ1n) is 5.97. The first-order chi connectivity index (χ1) is 9.65. The predicted octanol–water partition coefficient (Wildman–Crippen LogP) is 1.87. The van der Waals surface area contributed by atoms with Gasteiger partial charge < -0.3 is 21.3 Å². The molecule has 0 unspecified atom stereocenters. The molecule has 0 aromatic heterocycles. The Kier molecular flexibility index (Phi) is 6.80. The van der Waals surface area contributed by atoms with Gasteiger partial charge in [0, 0.05) is 24.5 Å². The first kappa shape index (κ1) is 15.7. The molecule has 1 aromatic rings. The molecule has 110 valence electrons. The Labute approximate surface area is 114 Å². The number of anilines is 2. The summed E-state index contributed by atoms with van der Waals surface area (Å²) in [4.78, 5) is 22.5. The molecular formula is C12H16F2N4O2. The van der Waals surface area contributed by atoms with Gasteiger partial charge in [-0.3, -0.25) is 0 Å². The SMILES string of the molecule is O=C(NCCF)Nc1ccc(NC(=O)NCCF)cc1. The van der Waals surface area contributed by atoms with Gasteiger partial charge in [-0.25, -0.2) is 18.4 Å². The van der Waals surface area contributed by atoms with Crippen LogP contribution >= 0.6 is 0 Å². The van der Waals surface area contributed by atoms with E-state index in [4.69, 9.17) is 0 Å². The van der Waals surface area contributed by atoms with Crippen LogP contribution in [0, 0.1) is 0 Å². The van der Waals surface area contributed by atoms with Crippen LogP contribution in [-0.4, -0.2) is 38.5 Å². The third-order valence-corrected chi connectivity index (χ3v) is 2.16. The summed E-state index contributed by atoms with van der Waals surface area (Å²) in [5.74, 6) is 0. The molecule has 0 aliphatic carbocycles. The molecule has 0 radical (unpaired) electrons. The van der Waals surface area contributed by atoms with E-state index in [2.05, 4.69) is 21.3 Å². The molecular weight excluding hydrogens is 270 g/mol. The number of halogens is 2.